The summed E-state index contributed by atoms with van der Waals surface area (Å²) < 4.78 is 0. The van der Waals surface area contributed by atoms with Crippen LogP contribution in [0.15, 0.2) is 17.5 Å². The van der Waals surface area contributed by atoms with Crippen molar-refractivity contribution in [2.45, 2.75) is 52.1 Å². The standard InChI is InChI=1S/C15H23NO2S/c1-3-8-15(2,14(17)18)11-16(12-6-7-12)10-13-5-4-9-19-13/h4-5,9,12H,3,6-8,10-11H2,1-2H3,(H,17,18). The van der Waals surface area contributed by atoms with Crippen LogP contribution in [-0.2, 0) is 11.3 Å². The summed E-state index contributed by atoms with van der Waals surface area (Å²) >= 11 is 1.76. The van der Waals surface area contributed by atoms with Gasteiger partial charge in [0, 0.05) is 24.0 Å². The highest BCUT2D eigenvalue weighted by molar-refractivity contribution is 7.09. The Labute approximate surface area is 119 Å². The third kappa shape index (κ3) is 3.80. The molecule has 106 valence electrons. The van der Waals surface area contributed by atoms with Gasteiger partial charge in [-0.1, -0.05) is 19.4 Å². The summed E-state index contributed by atoms with van der Waals surface area (Å²) in [5.41, 5.74) is -0.616. The van der Waals surface area contributed by atoms with E-state index in [1.54, 1.807) is 11.3 Å². The zero-order valence-corrected chi connectivity index (χ0v) is 12.6. The van der Waals surface area contributed by atoms with E-state index >= 15 is 0 Å². The lowest BCUT2D eigenvalue weighted by Gasteiger charge is -2.32. The molecule has 1 N–H and O–H groups in total. The summed E-state index contributed by atoms with van der Waals surface area (Å²) in [6.07, 6.45) is 4.09. The van der Waals surface area contributed by atoms with E-state index in [4.69, 9.17) is 0 Å². The zero-order valence-electron chi connectivity index (χ0n) is 11.8. The molecule has 0 amide bonds. The molecule has 1 atom stereocenters. The van der Waals surface area contributed by atoms with Gasteiger partial charge in [0.2, 0.25) is 0 Å². The van der Waals surface area contributed by atoms with Crippen LogP contribution >= 0.6 is 11.3 Å². The minimum absolute atomic E-state index is 0.595. The van der Waals surface area contributed by atoms with Crippen molar-refractivity contribution in [2.75, 3.05) is 6.54 Å². The molecule has 0 radical (unpaired) electrons. The predicted molar refractivity (Wildman–Crippen MR) is 78.4 cm³/mol. The number of aliphatic carboxylic acids is 1. The van der Waals surface area contributed by atoms with E-state index in [0.29, 0.717) is 12.6 Å². The number of hydrogen-bond donors (Lipinski definition) is 1. The molecule has 3 nitrogen and oxygen atoms in total. The molecule has 0 spiro atoms. The molecule has 1 heterocycles. The van der Waals surface area contributed by atoms with Gasteiger partial charge < -0.3 is 5.11 Å². The first-order valence-corrected chi connectivity index (χ1v) is 7.93. The molecule has 1 aromatic rings. The van der Waals surface area contributed by atoms with Crippen molar-refractivity contribution in [3.8, 4) is 0 Å². The topological polar surface area (TPSA) is 40.5 Å². The van der Waals surface area contributed by atoms with Gasteiger partial charge in [-0.2, -0.15) is 0 Å². The van der Waals surface area contributed by atoms with E-state index in [1.165, 1.54) is 17.7 Å². The third-order valence-electron chi connectivity index (χ3n) is 3.87. The molecular formula is C15H23NO2S. The maximum absolute atomic E-state index is 11.6. The van der Waals surface area contributed by atoms with Gasteiger partial charge in [-0.05, 0) is 37.6 Å². The summed E-state index contributed by atoms with van der Waals surface area (Å²) in [4.78, 5) is 15.3. The van der Waals surface area contributed by atoms with Crippen LogP contribution in [0.1, 0.15) is 44.4 Å². The molecule has 1 unspecified atom stereocenters. The number of carbonyl (C=O) groups is 1. The molecule has 2 rings (SSSR count). The van der Waals surface area contributed by atoms with Crippen molar-refractivity contribution in [1.82, 2.24) is 4.90 Å². The van der Waals surface area contributed by atoms with Gasteiger partial charge in [-0.15, -0.1) is 11.3 Å². The second-order valence-electron chi connectivity index (χ2n) is 5.83. The molecule has 0 saturated heterocycles. The number of nitrogens with zero attached hydrogens (tertiary/aromatic N) is 1. The van der Waals surface area contributed by atoms with Gasteiger partial charge in [-0.25, -0.2) is 0 Å². The summed E-state index contributed by atoms with van der Waals surface area (Å²) in [7, 11) is 0. The van der Waals surface area contributed by atoms with Crippen molar-refractivity contribution in [1.29, 1.82) is 0 Å². The fourth-order valence-electron chi connectivity index (χ4n) is 2.61. The van der Waals surface area contributed by atoms with Crippen molar-refractivity contribution in [2.24, 2.45) is 5.41 Å². The van der Waals surface area contributed by atoms with Crippen molar-refractivity contribution in [3.05, 3.63) is 22.4 Å². The van der Waals surface area contributed by atoms with Crippen LogP contribution in [0.4, 0.5) is 0 Å². The Bertz CT molecular complexity index is 414. The second kappa shape index (κ2) is 6.06. The van der Waals surface area contributed by atoms with E-state index in [1.807, 2.05) is 6.92 Å². The van der Waals surface area contributed by atoms with Crippen LogP contribution in [-0.4, -0.2) is 28.6 Å². The lowest BCUT2D eigenvalue weighted by molar-refractivity contribution is -0.149. The first-order chi connectivity index (χ1) is 9.05. The normalized spacial score (nSPS) is 18.5. The number of thiophene rings is 1. The van der Waals surface area contributed by atoms with Gasteiger partial charge in [0.15, 0.2) is 0 Å². The molecule has 4 heteroatoms. The maximum Gasteiger partial charge on any atom is 0.310 e. The monoisotopic (exact) mass is 281 g/mol. The minimum atomic E-state index is -0.661. The molecule has 1 aromatic heterocycles. The fourth-order valence-corrected chi connectivity index (χ4v) is 3.34. The molecule has 1 fully saturated rings. The molecule has 1 aliphatic rings. The highest BCUT2D eigenvalue weighted by Crippen LogP contribution is 2.34. The molecule has 1 saturated carbocycles. The predicted octanol–water partition coefficient (Wildman–Crippen LogP) is 3.60. The molecule has 1 aliphatic carbocycles. The quantitative estimate of drug-likeness (QED) is 0.791. The van der Waals surface area contributed by atoms with E-state index in [9.17, 15) is 9.90 Å². The fraction of sp³-hybridized carbons (Fsp3) is 0.667. The van der Waals surface area contributed by atoms with Crippen LogP contribution in [0, 0.1) is 5.41 Å². The Balaban J connectivity index is 2.04. The lowest BCUT2D eigenvalue weighted by atomic mass is 9.85. The molecule has 0 aromatic carbocycles. The van der Waals surface area contributed by atoms with Gasteiger partial charge in [0.25, 0.3) is 0 Å². The average molecular weight is 281 g/mol. The van der Waals surface area contributed by atoms with Gasteiger partial charge in [0.1, 0.15) is 0 Å². The van der Waals surface area contributed by atoms with Crippen LogP contribution in [0.3, 0.4) is 0 Å². The summed E-state index contributed by atoms with van der Waals surface area (Å²) in [6.45, 7) is 5.51. The van der Waals surface area contributed by atoms with Crippen LogP contribution in [0.5, 0.6) is 0 Å². The number of rotatable bonds is 8. The maximum atomic E-state index is 11.6. The highest BCUT2D eigenvalue weighted by atomic mass is 32.1. The third-order valence-corrected chi connectivity index (χ3v) is 4.73. The smallest absolute Gasteiger partial charge is 0.310 e. The first-order valence-electron chi connectivity index (χ1n) is 7.05. The SMILES string of the molecule is CCCC(C)(CN(Cc1cccs1)C1CC1)C(=O)O. The molecule has 0 aliphatic heterocycles. The largest absolute Gasteiger partial charge is 0.481 e. The zero-order chi connectivity index (χ0) is 13.9. The Morgan fingerprint density at radius 1 is 1.58 bits per heavy atom. The van der Waals surface area contributed by atoms with Crippen molar-refractivity contribution in [3.63, 3.8) is 0 Å². The summed E-state index contributed by atoms with van der Waals surface area (Å²) in [6, 6.07) is 4.79. The number of carboxylic acid groups (broad SMARTS) is 1. The number of hydrogen-bond acceptors (Lipinski definition) is 3. The molecule has 0 bridgehead atoms. The highest BCUT2D eigenvalue weighted by Gasteiger charge is 2.39. The van der Waals surface area contributed by atoms with E-state index in [2.05, 4.69) is 29.3 Å². The average Bonchev–Trinajstić information content (AvgIpc) is 3.08. The van der Waals surface area contributed by atoms with Crippen LogP contribution in [0.25, 0.3) is 0 Å². The minimum Gasteiger partial charge on any atom is -0.481 e. The van der Waals surface area contributed by atoms with E-state index < -0.39 is 11.4 Å². The van der Waals surface area contributed by atoms with Crippen molar-refractivity contribution < 1.29 is 9.90 Å². The molecular weight excluding hydrogens is 258 g/mol. The second-order valence-corrected chi connectivity index (χ2v) is 6.86. The van der Waals surface area contributed by atoms with Gasteiger partial charge in [-0.3, -0.25) is 9.69 Å². The van der Waals surface area contributed by atoms with Gasteiger partial charge >= 0.3 is 5.97 Å². The van der Waals surface area contributed by atoms with Crippen LogP contribution < -0.4 is 0 Å². The van der Waals surface area contributed by atoms with Crippen molar-refractivity contribution >= 4 is 17.3 Å². The Morgan fingerprint density at radius 2 is 2.32 bits per heavy atom. The summed E-state index contributed by atoms with van der Waals surface area (Å²) in [5, 5.41) is 11.6. The Kier molecular flexibility index (Phi) is 4.63. The van der Waals surface area contributed by atoms with Crippen LogP contribution in [0.2, 0.25) is 0 Å². The first kappa shape index (κ1) is 14.5. The molecule has 19 heavy (non-hydrogen) atoms. The number of carboxylic acids is 1. The lowest BCUT2D eigenvalue weighted by Crippen LogP contribution is -2.41. The van der Waals surface area contributed by atoms with E-state index in [0.717, 1.165) is 19.4 Å². The van der Waals surface area contributed by atoms with Gasteiger partial charge in [0.05, 0.1) is 5.41 Å². The Hall–Kier alpha value is -0.870. The Morgan fingerprint density at radius 3 is 2.79 bits per heavy atom. The summed E-state index contributed by atoms with van der Waals surface area (Å²) in [5.74, 6) is -0.661. The van der Waals surface area contributed by atoms with E-state index in [-0.39, 0.29) is 0 Å².